The predicted molar refractivity (Wildman–Crippen MR) is 77.7 cm³/mol. The van der Waals surface area contributed by atoms with E-state index >= 15 is 0 Å². The molecule has 3 heteroatoms. The van der Waals surface area contributed by atoms with Gasteiger partial charge in [-0.15, -0.1) is 0 Å². The molecule has 2 atom stereocenters. The lowest BCUT2D eigenvalue weighted by Gasteiger charge is -2.25. The Labute approximate surface area is 112 Å². The van der Waals surface area contributed by atoms with Gasteiger partial charge in [-0.1, -0.05) is 27.2 Å². The fraction of sp³-hybridized carbons (Fsp3) is 0.800. The minimum Gasteiger partial charge on any atom is -0.314 e. The van der Waals surface area contributed by atoms with E-state index in [9.17, 15) is 0 Å². The van der Waals surface area contributed by atoms with Gasteiger partial charge < -0.3 is 5.32 Å². The summed E-state index contributed by atoms with van der Waals surface area (Å²) in [6.07, 6.45) is 10.3. The molecule has 0 saturated carbocycles. The van der Waals surface area contributed by atoms with Crippen molar-refractivity contribution in [3.05, 3.63) is 18.0 Å². The molecule has 0 amide bonds. The van der Waals surface area contributed by atoms with Crippen LogP contribution in [0.1, 0.15) is 52.0 Å². The number of hydrogen-bond donors (Lipinski definition) is 1. The maximum Gasteiger partial charge on any atom is 0.0521 e. The number of aryl methyl sites for hydroxylation is 2. The maximum absolute atomic E-state index is 4.23. The van der Waals surface area contributed by atoms with Crippen molar-refractivity contribution in [2.75, 3.05) is 6.54 Å². The molecule has 18 heavy (non-hydrogen) atoms. The van der Waals surface area contributed by atoms with E-state index in [1.807, 2.05) is 17.9 Å². The minimum absolute atomic E-state index is 0.644. The topological polar surface area (TPSA) is 29.9 Å². The number of nitrogens with one attached hydrogen (secondary N) is 1. The van der Waals surface area contributed by atoms with Crippen LogP contribution >= 0.6 is 0 Å². The summed E-state index contributed by atoms with van der Waals surface area (Å²) in [5, 5.41) is 7.94. The van der Waals surface area contributed by atoms with Gasteiger partial charge in [-0.25, -0.2) is 0 Å². The Balaban J connectivity index is 2.44. The first kappa shape index (κ1) is 15.2. The minimum atomic E-state index is 0.644. The highest BCUT2D eigenvalue weighted by Gasteiger charge is 2.15. The average molecular weight is 251 g/mol. The number of nitrogens with zero attached hydrogens (tertiary/aromatic N) is 2. The zero-order valence-electron chi connectivity index (χ0n) is 12.4. The Morgan fingerprint density at radius 1 is 1.28 bits per heavy atom. The van der Waals surface area contributed by atoms with Crippen molar-refractivity contribution in [3.63, 3.8) is 0 Å². The van der Waals surface area contributed by atoms with E-state index in [1.165, 1.54) is 31.2 Å². The summed E-state index contributed by atoms with van der Waals surface area (Å²) in [5.74, 6) is 0.762. The van der Waals surface area contributed by atoms with Crippen molar-refractivity contribution in [1.29, 1.82) is 0 Å². The number of rotatable bonds is 9. The van der Waals surface area contributed by atoms with Crippen LogP contribution in [0.25, 0.3) is 0 Å². The molecule has 104 valence electrons. The Morgan fingerprint density at radius 2 is 2.06 bits per heavy atom. The van der Waals surface area contributed by atoms with E-state index < -0.39 is 0 Å². The number of aromatic nitrogens is 2. The lowest BCUT2D eigenvalue weighted by molar-refractivity contribution is 0.337. The quantitative estimate of drug-likeness (QED) is 0.730. The summed E-state index contributed by atoms with van der Waals surface area (Å²) >= 11 is 0. The second-order valence-electron chi connectivity index (χ2n) is 5.39. The third-order valence-electron chi connectivity index (χ3n) is 3.59. The van der Waals surface area contributed by atoms with Crippen LogP contribution in [0.5, 0.6) is 0 Å². The first-order chi connectivity index (χ1) is 8.67. The molecule has 0 aliphatic rings. The highest BCUT2D eigenvalue weighted by atomic mass is 15.2. The molecule has 0 aromatic carbocycles. The fourth-order valence-corrected chi connectivity index (χ4v) is 2.50. The Kier molecular flexibility index (Phi) is 7.02. The molecule has 2 unspecified atom stereocenters. The van der Waals surface area contributed by atoms with E-state index in [-0.39, 0.29) is 0 Å². The first-order valence-electron chi connectivity index (χ1n) is 7.38. The Morgan fingerprint density at radius 3 is 2.61 bits per heavy atom. The van der Waals surface area contributed by atoms with Crippen LogP contribution in [0.4, 0.5) is 0 Å². The van der Waals surface area contributed by atoms with Crippen LogP contribution in [0.3, 0.4) is 0 Å². The van der Waals surface area contributed by atoms with E-state index in [0.717, 1.165) is 18.9 Å². The SMILES string of the molecule is CCCNC(CCc1cnn(C)c1)C(C)CCC. The molecule has 3 nitrogen and oxygen atoms in total. The van der Waals surface area contributed by atoms with Crippen LogP contribution in [0, 0.1) is 5.92 Å². The molecular weight excluding hydrogens is 222 g/mol. The summed E-state index contributed by atoms with van der Waals surface area (Å²) in [4.78, 5) is 0. The maximum atomic E-state index is 4.23. The zero-order valence-corrected chi connectivity index (χ0v) is 12.4. The second kappa shape index (κ2) is 8.30. The van der Waals surface area contributed by atoms with Crippen molar-refractivity contribution < 1.29 is 0 Å². The lowest BCUT2D eigenvalue weighted by Crippen LogP contribution is -2.36. The van der Waals surface area contributed by atoms with Gasteiger partial charge >= 0.3 is 0 Å². The second-order valence-corrected chi connectivity index (χ2v) is 5.39. The fourth-order valence-electron chi connectivity index (χ4n) is 2.50. The van der Waals surface area contributed by atoms with Crippen LogP contribution in [0.2, 0.25) is 0 Å². The molecule has 1 aromatic heterocycles. The summed E-state index contributed by atoms with van der Waals surface area (Å²) < 4.78 is 1.89. The van der Waals surface area contributed by atoms with Crippen LogP contribution in [-0.4, -0.2) is 22.4 Å². The average Bonchev–Trinajstić information content (AvgIpc) is 2.75. The largest absolute Gasteiger partial charge is 0.314 e. The van der Waals surface area contributed by atoms with Gasteiger partial charge in [-0.2, -0.15) is 5.10 Å². The van der Waals surface area contributed by atoms with Gasteiger partial charge in [-0.05, 0) is 43.7 Å². The Hall–Kier alpha value is -0.830. The highest BCUT2D eigenvalue weighted by Crippen LogP contribution is 2.16. The summed E-state index contributed by atoms with van der Waals surface area (Å²) in [7, 11) is 1.98. The van der Waals surface area contributed by atoms with Crippen LogP contribution < -0.4 is 5.32 Å². The van der Waals surface area contributed by atoms with Gasteiger partial charge in [0.15, 0.2) is 0 Å². The molecule has 0 spiro atoms. The molecule has 1 aromatic rings. The smallest absolute Gasteiger partial charge is 0.0521 e. The lowest BCUT2D eigenvalue weighted by atomic mass is 9.92. The summed E-state index contributed by atoms with van der Waals surface area (Å²) in [6.45, 7) is 8.01. The van der Waals surface area contributed by atoms with Crippen molar-refractivity contribution in [2.24, 2.45) is 13.0 Å². The van der Waals surface area contributed by atoms with Crippen molar-refractivity contribution in [3.8, 4) is 0 Å². The van der Waals surface area contributed by atoms with Crippen molar-refractivity contribution >= 4 is 0 Å². The monoisotopic (exact) mass is 251 g/mol. The van der Waals surface area contributed by atoms with Gasteiger partial charge in [0.25, 0.3) is 0 Å². The normalized spacial score (nSPS) is 14.7. The highest BCUT2D eigenvalue weighted by molar-refractivity contribution is 5.04. The van der Waals surface area contributed by atoms with Gasteiger partial charge in [0, 0.05) is 19.3 Å². The van der Waals surface area contributed by atoms with Crippen molar-refractivity contribution in [1.82, 2.24) is 15.1 Å². The van der Waals surface area contributed by atoms with E-state index in [2.05, 4.69) is 37.4 Å². The molecule has 1 N–H and O–H groups in total. The molecule has 0 bridgehead atoms. The van der Waals surface area contributed by atoms with Gasteiger partial charge in [-0.3, -0.25) is 4.68 Å². The van der Waals surface area contributed by atoms with Crippen LogP contribution in [-0.2, 0) is 13.5 Å². The molecular formula is C15H29N3. The molecule has 0 aliphatic heterocycles. The zero-order chi connectivity index (χ0) is 13.4. The third-order valence-corrected chi connectivity index (χ3v) is 3.59. The predicted octanol–water partition coefficient (Wildman–Crippen LogP) is 3.16. The van der Waals surface area contributed by atoms with Gasteiger partial charge in [0.2, 0.25) is 0 Å². The van der Waals surface area contributed by atoms with E-state index in [1.54, 1.807) is 0 Å². The summed E-state index contributed by atoms with van der Waals surface area (Å²) in [6, 6.07) is 0.644. The molecule has 0 fully saturated rings. The molecule has 1 heterocycles. The molecule has 0 saturated heterocycles. The van der Waals surface area contributed by atoms with Gasteiger partial charge in [0.05, 0.1) is 6.20 Å². The summed E-state index contributed by atoms with van der Waals surface area (Å²) in [5.41, 5.74) is 1.35. The van der Waals surface area contributed by atoms with Crippen molar-refractivity contribution in [2.45, 2.75) is 58.9 Å². The van der Waals surface area contributed by atoms with E-state index in [4.69, 9.17) is 0 Å². The molecule has 1 rings (SSSR count). The third kappa shape index (κ3) is 5.21. The van der Waals surface area contributed by atoms with Crippen LogP contribution in [0.15, 0.2) is 12.4 Å². The number of hydrogen-bond acceptors (Lipinski definition) is 2. The Bertz CT molecular complexity index is 319. The van der Waals surface area contributed by atoms with E-state index in [0.29, 0.717) is 6.04 Å². The molecule has 0 radical (unpaired) electrons. The standard InChI is InChI=1S/C15H29N3/c1-5-7-13(3)15(16-10-6-2)9-8-14-11-17-18(4)12-14/h11-13,15-16H,5-10H2,1-4H3. The van der Waals surface area contributed by atoms with Gasteiger partial charge in [0.1, 0.15) is 0 Å². The first-order valence-corrected chi connectivity index (χ1v) is 7.38. The molecule has 0 aliphatic carbocycles.